The standard InChI is InChI=1S/C17H20BrNO/c1-13(19)16-10-9-15(12-17(16)18)20-11-5-8-14-6-3-2-4-7-14/h2-4,6-7,9-10,12-13H,5,8,11,19H2,1H3. The van der Waals surface area contributed by atoms with E-state index in [9.17, 15) is 0 Å². The predicted octanol–water partition coefficient (Wildman–Crippen LogP) is 4.48. The van der Waals surface area contributed by atoms with Crippen LogP contribution in [0.1, 0.15) is 30.5 Å². The lowest BCUT2D eigenvalue weighted by atomic mass is 10.1. The highest BCUT2D eigenvalue weighted by Crippen LogP contribution is 2.26. The van der Waals surface area contributed by atoms with Crippen molar-refractivity contribution in [3.05, 3.63) is 64.1 Å². The average Bonchev–Trinajstić information content (AvgIpc) is 2.44. The van der Waals surface area contributed by atoms with E-state index in [0.717, 1.165) is 35.2 Å². The molecule has 1 atom stereocenters. The Morgan fingerprint density at radius 3 is 2.55 bits per heavy atom. The molecule has 2 rings (SSSR count). The maximum Gasteiger partial charge on any atom is 0.120 e. The molecule has 3 heteroatoms. The molecule has 2 aromatic rings. The summed E-state index contributed by atoms with van der Waals surface area (Å²) >= 11 is 3.53. The summed E-state index contributed by atoms with van der Waals surface area (Å²) in [6, 6.07) is 16.5. The highest BCUT2D eigenvalue weighted by Gasteiger charge is 2.06. The third kappa shape index (κ3) is 4.36. The van der Waals surface area contributed by atoms with Gasteiger partial charge in [0, 0.05) is 10.5 Å². The molecule has 0 aliphatic carbocycles. The Hall–Kier alpha value is -1.32. The zero-order valence-corrected chi connectivity index (χ0v) is 13.3. The Balaban J connectivity index is 1.81. The molecule has 1 unspecified atom stereocenters. The number of rotatable bonds is 6. The van der Waals surface area contributed by atoms with E-state index in [1.807, 2.05) is 31.2 Å². The largest absolute Gasteiger partial charge is 0.494 e. The van der Waals surface area contributed by atoms with Crippen molar-refractivity contribution in [2.75, 3.05) is 6.61 Å². The number of benzene rings is 2. The van der Waals surface area contributed by atoms with Gasteiger partial charge < -0.3 is 10.5 Å². The molecule has 0 spiro atoms. The Kier molecular flexibility index (Phi) is 5.62. The van der Waals surface area contributed by atoms with Gasteiger partial charge in [0.1, 0.15) is 5.75 Å². The van der Waals surface area contributed by atoms with Crippen LogP contribution in [0.25, 0.3) is 0 Å². The zero-order chi connectivity index (χ0) is 14.4. The quantitative estimate of drug-likeness (QED) is 0.791. The second-order valence-electron chi connectivity index (χ2n) is 4.91. The van der Waals surface area contributed by atoms with Crippen LogP contribution in [0.5, 0.6) is 5.75 Å². The fraction of sp³-hybridized carbons (Fsp3) is 0.294. The molecule has 0 bridgehead atoms. The van der Waals surface area contributed by atoms with Crippen molar-refractivity contribution in [1.29, 1.82) is 0 Å². The van der Waals surface area contributed by atoms with Gasteiger partial charge in [-0.3, -0.25) is 0 Å². The molecule has 0 saturated heterocycles. The lowest BCUT2D eigenvalue weighted by Crippen LogP contribution is -2.06. The van der Waals surface area contributed by atoms with Crippen molar-refractivity contribution < 1.29 is 4.74 Å². The van der Waals surface area contributed by atoms with Crippen molar-refractivity contribution in [3.8, 4) is 5.75 Å². The lowest BCUT2D eigenvalue weighted by Gasteiger charge is -2.11. The van der Waals surface area contributed by atoms with E-state index >= 15 is 0 Å². The number of halogens is 1. The maximum atomic E-state index is 5.88. The molecule has 0 fully saturated rings. The van der Waals surface area contributed by atoms with Gasteiger partial charge in [-0.25, -0.2) is 0 Å². The van der Waals surface area contributed by atoms with E-state index < -0.39 is 0 Å². The van der Waals surface area contributed by atoms with Crippen molar-refractivity contribution in [3.63, 3.8) is 0 Å². The van der Waals surface area contributed by atoms with E-state index in [1.54, 1.807) is 0 Å². The number of aryl methyl sites for hydroxylation is 1. The molecule has 0 aromatic heterocycles. The van der Waals surface area contributed by atoms with Gasteiger partial charge in [-0.2, -0.15) is 0 Å². The SMILES string of the molecule is CC(N)c1ccc(OCCCc2ccccc2)cc1Br. The first kappa shape index (κ1) is 15.1. The monoisotopic (exact) mass is 333 g/mol. The first-order chi connectivity index (χ1) is 9.66. The Labute approximate surface area is 129 Å². The molecule has 0 radical (unpaired) electrons. The van der Waals surface area contributed by atoms with Crippen LogP contribution in [-0.4, -0.2) is 6.61 Å². The van der Waals surface area contributed by atoms with Gasteiger partial charge in [0.15, 0.2) is 0 Å². The van der Waals surface area contributed by atoms with Gasteiger partial charge in [0.05, 0.1) is 6.61 Å². The predicted molar refractivity (Wildman–Crippen MR) is 87.0 cm³/mol. The number of ether oxygens (including phenoxy) is 1. The first-order valence-corrected chi connectivity index (χ1v) is 7.68. The maximum absolute atomic E-state index is 5.88. The van der Waals surface area contributed by atoms with Crippen molar-refractivity contribution >= 4 is 15.9 Å². The Morgan fingerprint density at radius 1 is 1.15 bits per heavy atom. The molecular weight excluding hydrogens is 314 g/mol. The lowest BCUT2D eigenvalue weighted by molar-refractivity contribution is 0.310. The van der Waals surface area contributed by atoms with Gasteiger partial charge in [-0.05, 0) is 43.0 Å². The van der Waals surface area contributed by atoms with Crippen molar-refractivity contribution in [1.82, 2.24) is 0 Å². The van der Waals surface area contributed by atoms with Crippen LogP contribution in [0.15, 0.2) is 53.0 Å². The normalized spacial score (nSPS) is 12.2. The van der Waals surface area contributed by atoms with E-state index in [2.05, 4.69) is 40.2 Å². The minimum atomic E-state index is 0.0245. The summed E-state index contributed by atoms with van der Waals surface area (Å²) in [7, 11) is 0. The summed E-state index contributed by atoms with van der Waals surface area (Å²) in [6.45, 7) is 2.69. The molecular formula is C17H20BrNO. The molecule has 106 valence electrons. The van der Waals surface area contributed by atoms with Crippen LogP contribution in [0.2, 0.25) is 0 Å². The highest BCUT2D eigenvalue weighted by atomic mass is 79.9. The van der Waals surface area contributed by atoms with E-state index in [4.69, 9.17) is 10.5 Å². The highest BCUT2D eigenvalue weighted by molar-refractivity contribution is 9.10. The van der Waals surface area contributed by atoms with Crippen LogP contribution < -0.4 is 10.5 Å². The summed E-state index contributed by atoms with van der Waals surface area (Å²) in [6.07, 6.45) is 2.05. The molecule has 20 heavy (non-hydrogen) atoms. The van der Waals surface area contributed by atoms with Gasteiger partial charge >= 0.3 is 0 Å². The van der Waals surface area contributed by atoms with E-state index in [0.29, 0.717) is 0 Å². The Morgan fingerprint density at radius 2 is 1.90 bits per heavy atom. The summed E-state index contributed by atoms with van der Waals surface area (Å²) in [5.74, 6) is 0.884. The number of nitrogens with two attached hydrogens (primary N) is 1. The van der Waals surface area contributed by atoms with Gasteiger partial charge in [-0.1, -0.05) is 52.3 Å². The molecule has 2 N–H and O–H groups in total. The summed E-state index contributed by atoms with van der Waals surface area (Å²) < 4.78 is 6.78. The fourth-order valence-electron chi connectivity index (χ4n) is 2.08. The minimum Gasteiger partial charge on any atom is -0.494 e. The molecule has 2 nitrogen and oxygen atoms in total. The molecule has 2 aromatic carbocycles. The minimum absolute atomic E-state index is 0.0245. The Bertz CT molecular complexity index is 540. The van der Waals surface area contributed by atoms with Crippen LogP contribution >= 0.6 is 15.9 Å². The van der Waals surface area contributed by atoms with Crippen LogP contribution in [0.3, 0.4) is 0 Å². The third-order valence-electron chi connectivity index (χ3n) is 3.18. The summed E-state index contributed by atoms with van der Waals surface area (Å²) in [5.41, 5.74) is 8.33. The van der Waals surface area contributed by atoms with Crippen LogP contribution in [-0.2, 0) is 6.42 Å². The fourth-order valence-corrected chi connectivity index (χ4v) is 2.80. The van der Waals surface area contributed by atoms with Gasteiger partial charge in [0.25, 0.3) is 0 Å². The van der Waals surface area contributed by atoms with Crippen molar-refractivity contribution in [2.24, 2.45) is 5.73 Å². The van der Waals surface area contributed by atoms with Crippen molar-refractivity contribution in [2.45, 2.75) is 25.8 Å². The van der Waals surface area contributed by atoms with E-state index in [1.165, 1.54) is 5.56 Å². The van der Waals surface area contributed by atoms with Gasteiger partial charge in [0.2, 0.25) is 0 Å². The number of hydrogen-bond donors (Lipinski definition) is 1. The van der Waals surface area contributed by atoms with E-state index in [-0.39, 0.29) is 6.04 Å². The smallest absolute Gasteiger partial charge is 0.120 e. The number of hydrogen-bond acceptors (Lipinski definition) is 2. The molecule has 0 heterocycles. The molecule has 0 saturated carbocycles. The van der Waals surface area contributed by atoms with Gasteiger partial charge in [-0.15, -0.1) is 0 Å². The summed E-state index contributed by atoms with van der Waals surface area (Å²) in [4.78, 5) is 0. The molecule has 0 aliphatic rings. The second-order valence-corrected chi connectivity index (χ2v) is 5.76. The zero-order valence-electron chi connectivity index (χ0n) is 11.7. The first-order valence-electron chi connectivity index (χ1n) is 6.88. The average molecular weight is 334 g/mol. The topological polar surface area (TPSA) is 35.2 Å². The summed E-state index contributed by atoms with van der Waals surface area (Å²) in [5, 5.41) is 0. The molecule has 0 aliphatic heterocycles. The van der Waals surface area contributed by atoms with Crippen LogP contribution in [0, 0.1) is 0 Å². The second kappa shape index (κ2) is 7.46. The molecule has 0 amide bonds. The third-order valence-corrected chi connectivity index (χ3v) is 3.87. The van der Waals surface area contributed by atoms with Crippen LogP contribution in [0.4, 0.5) is 0 Å².